The van der Waals surface area contributed by atoms with E-state index in [1.807, 2.05) is 42.5 Å². The molecule has 0 unspecified atom stereocenters. The van der Waals surface area contributed by atoms with Gasteiger partial charge in [-0.05, 0) is 23.3 Å². The molecule has 0 saturated heterocycles. The van der Waals surface area contributed by atoms with Crippen molar-refractivity contribution >= 4 is 17.7 Å². The first-order valence-corrected chi connectivity index (χ1v) is 7.76. The Labute approximate surface area is 148 Å². The topological polar surface area (TPSA) is 67.4 Å². The van der Waals surface area contributed by atoms with E-state index in [1.54, 1.807) is 12.1 Å². The largest absolute Gasteiger partial charge is 0.440 e. The summed E-state index contributed by atoms with van der Waals surface area (Å²) in [5, 5.41) is 4.72. The van der Waals surface area contributed by atoms with Gasteiger partial charge in [0.2, 0.25) is 5.91 Å². The second-order valence-corrected chi connectivity index (χ2v) is 5.36. The minimum absolute atomic E-state index is 0.0957. The normalized spacial score (nSPS) is 10.9. The zero-order valence-electron chi connectivity index (χ0n) is 13.7. The lowest BCUT2D eigenvalue weighted by atomic mass is 10.1. The fourth-order valence-electron chi connectivity index (χ4n) is 2.08. The average molecular weight is 366 g/mol. The Bertz CT molecular complexity index is 732. The maximum Gasteiger partial charge on any atom is 0.422 e. The van der Waals surface area contributed by atoms with Crippen molar-refractivity contribution in [3.8, 4) is 11.1 Å². The van der Waals surface area contributed by atoms with Gasteiger partial charge < -0.3 is 15.4 Å². The van der Waals surface area contributed by atoms with E-state index in [2.05, 4.69) is 15.4 Å². The summed E-state index contributed by atoms with van der Waals surface area (Å²) in [7, 11) is 0. The molecule has 0 heterocycles. The lowest BCUT2D eigenvalue weighted by Crippen LogP contribution is -2.31. The first kappa shape index (κ1) is 19.3. The van der Waals surface area contributed by atoms with Crippen LogP contribution in [0.2, 0.25) is 0 Å². The van der Waals surface area contributed by atoms with Crippen LogP contribution in [0.25, 0.3) is 11.1 Å². The van der Waals surface area contributed by atoms with Gasteiger partial charge in [0.25, 0.3) is 0 Å². The van der Waals surface area contributed by atoms with Crippen LogP contribution in [0.1, 0.15) is 6.42 Å². The standard InChI is InChI=1S/C18H17F3N2O3/c19-18(20,21)12-26-17(25)22-11-10-16(24)23-15-8-6-14(7-9-15)13-4-2-1-3-5-13/h1-9H,10-12H2,(H,22,25)(H,23,24). The van der Waals surface area contributed by atoms with E-state index >= 15 is 0 Å². The summed E-state index contributed by atoms with van der Waals surface area (Å²) in [4.78, 5) is 22.8. The Morgan fingerprint density at radius 3 is 2.15 bits per heavy atom. The molecule has 0 aliphatic carbocycles. The number of carbonyl (C=O) groups excluding carboxylic acids is 2. The number of alkyl carbamates (subject to hydrolysis) is 1. The number of hydrogen-bond donors (Lipinski definition) is 2. The van der Waals surface area contributed by atoms with Crippen LogP contribution in [0.3, 0.4) is 0 Å². The van der Waals surface area contributed by atoms with Crippen molar-refractivity contribution in [2.24, 2.45) is 0 Å². The Morgan fingerprint density at radius 1 is 0.923 bits per heavy atom. The molecule has 2 aromatic carbocycles. The number of benzene rings is 2. The Kier molecular flexibility index (Phi) is 6.60. The number of ether oxygens (including phenoxy) is 1. The number of hydrogen-bond acceptors (Lipinski definition) is 3. The monoisotopic (exact) mass is 366 g/mol. The Balaban J connectivity index is 1.73. The first-order chi connectivity index (χ1) is 12.3. The Hall–Kier alpha value is -3.03. The Morgan fingerprint density at radius 2 is 1.54 bits per heavy atom. The number of alkyl halides is 3. The fourth-order valence-corrected chi connectivity index (χ4v) is 2.08. The molecule has 0 spiro atoms. The third-order valence-electron chi connectivity index (χ3n) is 3.26. The van der Waals surface area contributed by atoms with E-state index in [9.17, 15) is 22.8 Å². The van der Waals surface area contributed by atoms with Crippen molar-refractivity contribution in [1.82, 2.24) is 5.32 Å². The van der Waals surface area contributed by atoms with E-state index < -0.39 is 18.9 Å². The number of amides is 2. The molecule has 0 atom stereocenters. The third kappa shape index (κ3) is 6.84. The van der Waals surface area contributed by atoms with Crippen molar-refractivity contribution in [2.45, 2.75) is 12.6 Å². The summed E-state index contributed by atoms with van der Waals surface area (Å²) in [5.41, 5.74) is 2.62. The predicted octanol–water partition coefficient (Wildman–Crippen LogP) is 3.97. The number of nitrogens with one attached hydrogen (secondary N) is 2. The number of rotatable bonds is 6. The van der Waals surface area contributed by atoms with E-state index in [-0.39, 0.29) is 18.9 Å². The molecule has 0 saturated carbocycles. The van der Waals surface area contributed by atoms with Crippen LogP contribution in [-0.2, 0) is 9.53 Å². The minimum atomic E-state index is -4.58. The van der Waals surface area contributed by atoms with Gasteiger partial charge in [0.15, 0.2) is 6.61 Å². The fraction of sp³-hybridized carbons (Fsp3) is 0.222. The third-order valence-corrected chi connectivity index (χ3v) is 3.26. The molecule has 0 aliphatic rings. The van der Waals surface area contributed by atoms with Gasteiger partial charge in [-0.2, -0.15) is 13.2 Å². The van der Waals surface area contributed by atoms with Crippen LogP contribution in [0, 0.1) is 0 Å². The maximum absolute atomic E-state index is 11.9. The van der Waals surface area contributed by atoms with Crippen molar-refractivity contribution in [2.75, 3.05) is 18.5 Å². The number of anilines is 1. The maximum atomic E-state index is 11.9. The number of carbonyl (C=O) groups is 2. The van der Waals surface area contributed by atoms with Crippen LogP contribution < -0.4 is 10.6 Å². The molecule has 2 rings (SSSR count). The van der Waals surface area contributed by atoms with Gasteiger partial charge in [-0.15, -0.1) is 0 Å². The molecule has 0 fully saturated rings. The molecule has 138 valence electrons. The smallest absolute Gasteiger partial charge is 0.422 e. The van der Waals surface area contributed by atoms with Crippen molar-refractivity contribution in [3.05, 3.63) is 54.6 Å². The molecule has 5 nitrogen and oxygen atoms in total. The van der Waals surface area contributed by atoms with Crippen LogP contribution in [0.5, 0.6) is 0 Å². The lowest BCUT2D eigenvalue weighted by Gasteiger charge is -2.09. The zero-order valence-corrected chi connectivity index (χ0v) is 13.7. The van der Waals surface area contributed by atoms with Gasteiger partial charge in [0.05, 0.1) is 0 Å². The van der Waals surface area contributed by atoms with Crippen LogP contribution in [0.4, 0.5) is 23.7 Å². The average Bonchev–Trinajstić information content (AvgIpc) is 2.61. The van der Waals surface area contributed by atoms with Gasteiger partial charge in [0, 0.05) is 18.7 Å². The highest BCUT2D eigenvalue weighted by molar-refractivity contribution is 5.91. The molecule has 2 amide bonds. The number of halogens is 3. The quantitative estimate of drug-likeness (QED) is 0.813. The van der Waals surface area contributed by atoms with E-state index in [0.29, 0.717) is 5.69 Å². The van der Waals surface area contributed by atoms with Gasteiger partial charge in [-0.1, -0.05) is 42.5 Å². The molecule has 8 heteroatoms. The summed E-state index contributed by atoms with van der Waals surface area (Å²) >= 11 is 0. The van der Waals surface area contributed by atoms with Gasteiger partial charge in [-0.25, -0.2) is 4.79 Å². The highest BCUT2D eigenvalue weighted by Crippen LogP contribution is 2.21. The molecule has 2 aromatic rings. The molecular formula is C18H17F3N2O3. The highest BCUT2D eigenvalue weighted by Gasteiger charge is 2.29. The zero-order chi connectivity index (χ0) is 19.0. The molecule has 0 radical (unpaired) electrons. The van der Waals surface area contributed by atoms with E-state index in [1.165, 1.54) is 0 Å². The first-order valence-electron chi connectivity index (χ1n) is 7.76. The van der Waals surface area contributed by atoms with Gasteiger partial charge >= 0.3 is 12.3 Å². The van der Waals surface area contributed by atoms with Crippen LogP contribution in [0.15, 0.2) is 54.6 Å². The molecular weight excluding hydrogens is 349 g/mol. The van der Waals surface area contributed by atoms with Crippen molar-refractivity contribution in [3.63, 3.8) is 0 Å². The highest BCUT2D eigenvalue weighted by atomic mass is 19.4. The van der Waals surface area contributed by atoms with Gasteiger partial charge in [0.1, 0.15) is 0 Å². The van der Waals surface area contributed by atoms with Crippen molar-refractivity contribution in [1.29, 1.82) is 0 Å². The SMILES string of the molecule is O=C(CCNC(=O)OCC(F)(F)F)Nc1ccc(-c2ccccc2)cc1. The molecule has 2 N–H and O–H groups in total. The molecule has 0 aliphatic heterocycles. The van der Waals surface area contributed by atoms with Crippen LogP contribution in [-0.4, -0.2) is 31.3 Å². The summed E-state index contributed by atoms with van der Waals surface area (Å²) in [6, 6.07) is 16.9. The van der Waals surface area contributed by atoms with Crippen LogP contribution >= 0.6 is 0 Å². The van der Waals surface area contributed by atoms with Gasteiger partial charge in [-0.3, -0.25) is 4.79 Å². The van der Waals surface area contributed by atoms with E-state index in [4.69, 9.17) is 0 Å². The summed E-state index contributed by atoms with van der Waals surface area (Å²) < 4.78 is 39.6. The second kappa shape index (κ2) is 8.89. The summed E-state index contributed by atoms with van der Waals surface area (Å²) in [6.45, 7) is -1.80. The van der Waals surface area contributed by atoms with E-state index in [0.717, 1.165) is 11.1 Å². The molecule has 0 aromatic heterocycles. The van der Waals surface area contributed by atoms with Crippen molar-refractivity contribution < 1.29 is 27.5 Å². The predicted molar refractivity (Wildman–Crippen MR) is 90.5 cm³/mol. The minimum Gasteiger partial charge on any atom is -0.440 e. The second-order valence-electron chi connectivity index (χ2n) is 5.36. The lowest BCUT2D eigenvalue weighted by molar-refractivity contribution is -0.160. The molecule has 26 heavy (non-hydrogen) atoms. The summed E-state index contributed by atoms with van der Waals surface area (Å²) in [5.74, 6) is -0.381. The molecule has 0 bridgehead atoms. The summed E-state index contributed by atoms with van der Waals surface area (Å²) in [6.07, 6.45) is -5.90.